The molecule has 7 nitrogen and oxygen atoms in total. The Morgan fingerprint density at radius 1 is 0.898 bits per heavy atom. The van der Waals surface area contributed by atoms with Gasteiger partial charge in [0.1, 0.15) is 12.2 Å². The molecule has 0 aromatic carbocycles. The molecule has 7 aliphatic rings. The first-order valence-corrected chi connectivity index (χ1v) is 22.9. The van der Waals surface area contributed by atoms with Crippen LogP contribution >= 0.6 is 0 Å². The largest absolute Gasteiger partial charge is 0.417 e. The van der Waals surface area contributed by atoms with Gasteiger partial charge in [0.25, 0.3) is 0 Å². The summed E-state index contributed by atoms with van der Waals surface area (Å²) < 4.78 is 30.8. The quantitative estimate of drug-likeness (QED) is 0.166. The van der Waals surface area contributed by atoms with Crippen LogP contribution in [-0.4, -0.2) is 74.8 Å². The summed E-state index contributed by atoms with van der Waals surface area (Å²) in [5.41, 5.74) is 0.687. The van der Waals surface area contributed by atoms with Crippen LogP contribution in [0.1, 0.15) is 124 Å². The highest BCUT2D eigenvalue weighted by Crippen LogP contribution is 2.68. The lowest BCUT2D eigenvalue weighted by atomic mass is 9.48. The summed E-state index contributed by atoms with van der Waals surface area (Å²) in [6, 6.07) is 0. The smallest absolute Gasteiger partial charge is 0.191 e. The fourth-order valence-corrected chi connectivity index (χ4v) is 12.3. The molecule has 2 heterocycles. The Balaban J connectivity index is 1.14. The summed E-state index contributed by atoms with van der Waals surface area (Å²) in [6.07, 6.45) is 14.3. The number of hydrogen-bond donors (Lipinski definition) is 2. The highest BCUT2D eigenvalue weighted by molar-refractivity contribution is 6.74. The van der Waals surface area contributed by atoms with E-state index in [1.807, 2.05) is 0 Å². The van der Waals surface area contributed by atoms with E-state index in [1.54, 1.807) is 5.57 Å². The second-order valence-corrected chi connectivity index (χ2v) is 23.7. The van der Waals surface area contributed by atoms with Crippen molar-refractivity contribution in [3.63, 3.8) is 0 Å². The number of fused-ring (bicyclic) bond motifs is 4. The second kappa shape index (κ2) is 13.6. The van der Waals surface area contributed by atoms with Gasteiger partial charge in [-0.1, -0.05) is 45.1 Å². The number of allylic oxidation sites excluding steroid dienone is 1. The fraction of sp³-hybridized carbons (Fsp3) is 0.902. The fourth-order valence-electron chi connectivity index (χ4n) is 11.2. The van der Waals surface area contributed by atoms with Crippen LogP contribution < -0.4 is 0 Å². The van der Waals surface area contributed by atoms with Crippen molar-refractivity contribution in [1.82, 2.24) is 0 Å². The van der Waals surface area contributed by atoms with Crippen LogP contribution in [0.3, 0.4) is 0 Å². The molecule has 1 spiro atoms. The minimum Gasteiger partial charge on any atom is -0.417 e. The first kappa shape index (κ1) is 36.6. The van der Waals surface area contributed by atoms with Crippen LogP contribution in [0.5, 0.6) is 0 Å². The average molecular weight is 699 g/mol. The van der Waals surface area contributed by atoms with Gasteiger partial charge < -0.3 is 33.6 Å². The molecule has 8 heteroatoms. The summed E-state index contributed by atoms with van der Waals surface area (Å²) in [5.74, 6) is 8.33. The normalized spacial score (nSPS) is 42.3. The van der Waals surface area contributed by atoms with Gasteiger partial charge in [-0.3, -0.25) is 0 Å². The first-order valence-electron chi connectivity index (χ1n) is 20.0. The molecular formula is C41H66O7Si. The van der Waals surface area contributed by atoms with Gasteiger partial charge in [-0.2, -0.15) is 0 Å². The molecule has 2 N–H and O–H groups in total. The van der Waals surface area contributed by atoms with Crippen LogP contribution in [0.25, 0.3) is 0 Å². The Kier molecular flexibility index (Phi) is 10.1. The molecule has 276 valence electrons. The molecular weight excluding hydrogens is 633 g/mol. The molecule has 5 aliphatic carbocycles. The van der Waals surface area contributed by atoms with Crippen LogP contribution in [-0.2, 0) is 23.4 Å². The number of ether oxygens (including phenoxy) is 4. The number of aliphatic hydroxyl groups is 2. The molecule has 4 saturated carbocycles. The molecule has 7 atom stereocenters. The third kappa shape index (κ3) is 6.80. The van der Waals surface area contributed by atoms with E-state index in [0.29, 0.717) is 62.3 Å². The van der Waals surface area contributed by atoms with E-state index >= 15 is 0 Å². The lowest BCUT2D eigenvalue weighted by molar-refractivity contribution is -0.208. The Bertz CT molecular complexity index is 1290. The first-order chi connectivity index (χ1) is 23.2. The SMILES string of the molecule is CC(C)(C)[Si](C)(C)OCC1CCC([C@H]2C[C@@]3(C)C(CC[C@@]3(O)C#CCOC3CCCCO3)C3CC[C@@]4(O)CC5(CCC4=C32)OCCO5)CC1. The highest BCUT2D eigenvalue weighted by atomic mass is 28.4. The van der Waals surface area contributed by atoms with E-state index in [-0.39, 0.29) is 16.7 Å². The predicted molar refractivity (Wildman–Crippen MR) is 193 cm³/mol. The zero-order chi connectivity index (χ0) is 34.7. The van der Waals surface area contributed by atoms with Gasteiger partial charge in [0, 0.05) is 31.5 Å². The molecule has 3 unspecified atom stereocenters. The van der Waals surface area contributed by atoms with Crippen LogP contribution in [0.2, 0.25) is 18.1 Å². The van der Waals surface area contributed by atoms with Crippen molar-refractivity contribution in [3.05, 3.63) is 11.1 Å². The van der Waals surface area contributed by atoms with Gasteiger partial charge in [-0.05, 0) is 137 Å². The lowest BCUT2D eigenvalue weighted by Gasteiger charge is -2.58. The molecule has 0 bridgehead atoms. The Hall–Kier alpha value is -0.763. The average Bonchev–Trinajstić information content (AvgIpc) is 3.62. The maximum absolute atomic E-state index is 12.5. The minimum absolute atomic E-state index is 0.170. The third-order valence-corrected chi connectivity index (χ3v) is 19.6. The maximum atomic E-state index is 12.5. The van der Waals surface area contributed by atoms with E-state index in [0.717, 1.165) is 71.0 Å². The number of hydrogen-bond acceptors (Lipinski definition) is 7. The zero-order valence-corrected chi connectivity index (χ0v) is 32.5. The molecule has 6 fully saturated rings. The summed E-state index contributed by atoms with van der Waals surface area (Å²) in [4.78, 5) is 0. The second-order valence-electron chi connectivity index (χ2n) is 18.9. The van der Waals surface area contributed by atoms with Gasteiger partial charge in [0.05, 0.1) is 18.8 Å². The monoisotopic (exact) mass is 698 g/mol. The molecule has 7 rings (SSSR count). The molecule has 2 aliphatic heterocycles. The zero-order valence-electron chi connectivity index (χ0n) is 31.5. The van der Waals surface area contributed by atoms with Crippen molar-refractivity contribution in [2.24, 2.45) is 35.0 Å². The van der Waals surface area contributed by atoms with Crippen molar-refractivity contribution in [2.75, 3.05) is 33.0 Å². The Labute approximate surface area is 297 Å². The minimum atomic E-state index is -1.78. The van der Waals surface area contributed by atoms with E-state index < -0.39 is 25.3 Å². The van der Waals surface area contributed by atoms with Gasteiger partial charge in [0.15, 0.2) is 20.4 Å². The summed E-state index contributed by atoms with van der Waals surface area (Å²) in [5, 5.41) is 25.2. The molecule has 0 radical (unpaired) electrons. The van der Waals surface area contributed by atoms with Gasteiger partial charge in [-0.25, -0.2) is 0 Å². The van der Waals surface area contributed by atoms with Gasteiger partial charge >= 0.3 is 0 Å². The summed E-state index contributed by atoms with van der Waals surface area (Å²) in [7, 11) is -1.78. The predicted octanol–water partition coefficient (Wildman–Crippen LogP) is 7.89. The number of rotatable bonds is 6. The van der Waals surface area contributed by atoms with Crippen LogP contribution in [0, 0.1) is 46.8 Å². The van der Waals surface area contributed by atoms with E-state index in [9.17, 15) is 10.2 Å². The lowest BCUT2D eigenvalue weighted by Crippen LogP contribution is -2.56. The third-order valence-electron chi connectivity index (χ3n) is 15.1. The standard InChI is InChI=1S/C41H66O7Si/c1-37(2,3)49(5,6)48-27-29-11-13-30(14-12-29)32-26-38(4)33(16-20-40(38,43)18-9-23-45-35-10-7-8-22-44-35)31-15-19-39(42)28-41(46-24-25-47-41)21-17-34(39)36(31)32/h29-33,35,42-43H,7-8,10-17,19-28H2,1-6H3/t29?,30?,31?,32-,33?,35?,38+,39-,40+/m1/s1. The van der Waals surface area contributed by atoms with Crippen molar-refractivity contribution in [1.29, 1.82) is 0 Å². The molecule has 0 amide bonds. The Morgan fingerprint density at radius 3 is 2.35 bits per heavy atom. The molecule has 0 aromatic rings. The molecule has 49 heavy (non-hydrogen) atoms. The van der Waals surface area contributed by atoms with Crippen LogP contribution in [0.15, 0.2) is 11.1 Å². The van der Waals surface area contributed by atoms with E-state index in [1.165, 1.54) is 31.3 Å². The molecule has 0 aromatic heterocycles. The van der Waals surface area contributed by atoms with Crippen molar-refractivity contribution in [3.8, 4) is 11.8 Å². The summed E-state index contributed by atoms with van der Waals surface area (Å²) >= 11 is 0. The highest BCUT2D eigenvalue weighted by Gasteiger charge is 2.65. The van der Waals surface area contributed by atoms with Gasteiger partial charge in [-0.15, -0.1) is 0 Å². The van der Waals surface area contributed by atoms with Crippen LogP contribution in [0.4, 0.5) is 0 Å². The van der Waals surface area contributed by atoms with Crippen molar-refractivity contribution < 1.29 is 33.6 Å². The van der Waals surface area contributed by atoms with Crippen molar-refractivity contribution >= 4 is 8.32 Å². The Morgan fingerprint density at radius 2 is 1.65 bits per heavy atom. The van der Waals surface area contributed by atoms with Crippen molar-refractivity contribution in [2.45, 2.75) is 165 Å². The van der Waals surface area contributed by atoms with E-state index in [2.05, 4.69) is 52.6 Å². The van der Waals surface area contributed by atoms with Gasteiger partial charge in [0.2, 0.25) is 0 Å². The van der Waals surface area contributed by atoms with E-state index in [4.69, 9.17) is 23.4 Å². The molecule has 2 saturated heterocycles. The maximum Gasteiger partial charge on any atom is 0.191 e. The topological polar surface area (TPSA) is 86.6 Å². The summed E-state index contributed by atoms with van der Waals surface area (Å²) in [6.45, 7) is 17.3.